The Balaban J connectivity index is 2.43. The normalized spacial score (nSPS) is 23.2. The van der Waals surface area contributed by atoms with Crippen molar-refractivity contribution in [3.63, 3.8) is 0 Å². The molecule has 0 amide bonds. The second-order valence-corrected chi connectivity index (χ2v) is 3.82. The molecule has 0 aromatic heterocycles. The summed E-state index contributed by atoms with van der Waals surface area (Å²) in [6, 6.07) is 2.03. The van der Waals surface area contributed by atoms with E-state index in [4.69, 9.17) is 15.2 Å². The molecule has 3 nitrogen and oxygen atoms in total. The molecule has 0 radical (unpaired) electrons. The molecule has 1 atom stereocenters. The molecule has 1 heterocycles. The van der Waals surface area contributed by atoms with E-state index in [1.165, 1.54) is 0 Å². The van der Waals surface area contributed by atoms with Gasteiger partial charge in [-0.2, -0.15) is 0 Å². The zero-order valence-corrected chi connectivity index (χ0v) is 8.93. The van der Waals surface area contributed by atoms with Crippen LogP contribution in [0.5, 0.6) is 11.5 Å². The van der Waals surface area contributed by atoms with Crippen LogP contribution in [0.25, 0.3) is 0 Å². The first kappa shape index (κ1) is 11.1. The lowest BCUT2D eigenvalue weighted by atomic mass is 10.0. The minimum absolute atomic E-state index is 0.132. The number of halogens is 2. The summed E-state index contributed by atoms with van der Waals surface area (Å²) in [4.78, 5) is 0. The van der Waals surface area contributed by atoms with Gasteiger partial charge in [0.05, 0.1) is 0 Å². The van der Waals surface area contributed by atoms with E-state index in [1.54, 1.807) is 0 Å². The molecular formula is C11H13F2NO2. The average molecular weight is 229 g/mol. The van der Waals surface area contributed by atoms with Crippen LogP contribution in [0.15, 0.2) is 12.1 Å². The average Bonchev–Trinajstić information content (AvgIpc) is 2.33. The molecule has 0 saturated heterocycles. The third-order valence-electron chi connectivity index (χ3n) is 2.83. The lowest BCUT2D eigenvalue weighted by Crippen LogP contribution is -2.50. The summed E-state index contributed by atoms with van der Waals surface area (Å²) in [7, 11) is 0. The maximum Gasteiger partial charge on any atom is 0.201 e. The molecule has 0 unspecified atom stereocenters. The highest BCUT2D eigenvalue weighted by molar-refractivity contribution is 5.44. The van der Waals surface area contributed by atoms with Crippen LogP contribution >= 0.6 is 0 Å². The van der Waals surface area contributed by atoms with Crippen molar-refractivity contribution in [3.8, 4) is 11.5 Å². The van der Waals surface area contributed by atoms with Gasteiger partial charge in [-0.15, -0.1) is 0 Å². The lowest BCUT2D eigenvalue weighted by Gasteiger charge is -2.36. The monoisotopic (exact) mass is 229 g/mol. The van der Waals surface area contributed by atoms with Gasteiger partial charge in [-0.3, -0.25) is 0 Å². The van der Waals surface area contributed by atoms with Crippen molar-refractivity contribution in [3.05, 3.63) is 23.8 Å². The van der Waals surface area contributed by atoms with Gasteiger partial charge in [0.25, 0.3) is 0 Å². The number of rotatable bonds is 2. The quantitative estimate of drug-likeness (QED) is 0.841. The van der Waals surface area contributed by atoms with E-state index in [0.29, 0.717) is 6.42 Å². The molecule has 1 aromatic rings. The summed E-state index contributed by atoms with van der Waals surface area (Å²) in [5, 5.41) is 0. The van der Waals surface area contributed by atoms with Crippen LogP contribution in [0.1, 0.15) is 13.3 Å². The first-order valence-corrected chi connectivity index (χ1v) is 5.12. The standard InChI is InChI=1S/C11H13F2NO2/c1-2-11(5-14)6-15-9-7(12)3-4-8(13)10(9)16-11/h3-4H,2,5-6,14H2,1H3/t11-/m1/s1. The Morgan fingerprint density at radius 3 is 2.50 bits per heavy atom. The number of nitrogens with two attached hydrogens (primary N) is 1. The second-order valence-electron chi connectivity index (χ2n) is 3.82. The van der Waals surface area contributed by atoms with Crippen LogP contribution in [0, 0.1) is 11.6 Å². The molecule has 0 aliphatic carbocycles. The highest BCUT2D eigenvalue weighted by Crippen LogP contribution is 2.40. The van der Waals surface area contributed by atoms with Crippen LogP contribution in [0.2, 0.25) is 0 Å². The number of hydrogen-bond donors (Lipinski definition) is 1. The highest BCUT2D eigenvalue weighted by Gasteiger charge is 2.37. The Morgan fingerprint density at radius 1 is 1.31 bits per heavy atom. The van der Waals surface area contributed by atoms with Crippen molar-refractivity contribution >= 4 is 0 Å². The molecule has 5 heteroatoms. The molecule has 1 aliphatic heterocycles. The summed E-state index contributed by atoms with van der Waals surface area (Å²) in [5.74, 6) is -1.61. The van der Waals surface area contributed by atoms with Gasteiger partial charge in [-0.05, 0) is 18.6 Å². The predicted octanol–water partition coefficient (Wildman–Crippen LogP) is 1.84. The zero-order chi connectivity index (χ0) is 11.8. The van der Waals surface area contributed by atoms with E-state index in [2.05, 4.69) is 0 Å². The molecule has 0 fully saturated rings. The molecule has 0 spiro atoms. The third kappa shape index (κ3) is 1.61. The topological polar surface area (TPSA) is 44.5 Å². The van der Waals surface area contributed by atoms with Crippen molar-refractivity contribution in [2.45, 2.75) is 18.9 Å². The zero-order valence-electron chi connectivity index (χ0n) is 8.93. The van der Waals surface area contributed by atoms with Crippen LogP contribution in [-0.2, 0) is 0 Å². The van der Waals surface area contributed by atoms with Gasteiger partial charge in [-0.25, -0.2) is 8.78 Å². The van der Waals surface area contributed by atoms with Crippen LogP contribution in [-0.4, -0.2) is 18.8 Å². The summed E-state index contributed by atoms with van der Waals surface area (Å²) in [5.41, 5.74) is 4.81. The minimum atomic E-state index is -0.762. The van der Waals surface area contributed by atoms with Gasteiger partial charge >= 0.3 is 0 Å². The van der Waals surface area contributed by atoms with Gasteiger partial charge in [0.15, 0.2) is 23.0 Å². The van der Waals surface area contributed by atoms with Crippen molar-refractivity contribution in [1.29, 1.82) is 0 Å². The highest BCUT2D eigenvalue weighted by atomic mass is 19.1. The SMILES string of the molecule is CC[C@@]1(CN)COc2c(F)ccc(F)c2O1. The number of hydrogen-bond acceptors (Lipinski definition) is 3. The second kappa shape index (κ2) is 3.90. The van der Waals surface area contributed by atoms with Gasteiger partial charge in [0, 0.05) is 6.54 Å². The largest absolute Gasteiger partial charge is 0.483 e. The molecule has 2 rings (SSSR count). The first-order valence-electron chi connectivity index (χ1n) is 5.12. The fourth-order valence-electron chi connectivity index (χ4n) is 1.61. The van der Waals surface area contributed by atoms with E-state index < -0.39 is 17.2 Å². The van der Waals surface area contributed by atoms with Crippen molar-refractivity contribution in [2.75, 3.05) is 13.2 Å². The first-order chi connectivity index (χ1) is 7.62. The molecule has 0 saturated carbocycles. The Kier molecular flexibility index (Phi) is 2.71. The summed E-state index contributed by atoms with van der Waals surface area (Å²) >= 11 is 0. The fourth-order valence-corrected chi connectivity index (χ4v) is 1.61. The molecule has 16 heavy (non-hydrogen) atoms. The minimum Gasteiger partial charge on any atom is -0.483 e. The molecule has 1 aromatic carbocycles. The van der Waals surface area contributed by atoms with Gasteiger partial charge < -0.3 is 15.2 Å². The van der Waals surface area contributed by atoms with E-state index >= 15 is 0 Å². The summed E-state index contributed by atoms with van der Waals surface area (Å²) < 4.78 is 37.4. The molecular weight excluding hydrogens is 216 g/mol. The fraction of sp³-hybridized carbons (Fsp3) is 0.455. The van der Waals surface area contributed by atoms with Crippen LogP contribution in [0.4, 0.5) is 8.78 Å². The van der Waals surface area contributed by atoms with Crippen LogP contribution < -0.4 is 15.2 Å². The number of benzene rings is 1. The van der Waals surface area contributed by atoms with E-state index in [0.717, 1.165) is 12.1 Å². The Morgan fingerprint density at radius 2 is 1.94 bits per heavy atom. The van der Waals surface area contributed by atoms with E-state index in [1.807, 2.05) is 6.92 Å². The van der Waals surface area contributed by atoms with Crippen molar-refractivity contribution < 1.29 is 18.3 Å². The summed E-state index contributed by atoms with van der Waals surface area (Å²) in [6.45, 7) is 2.19. The molecule has 1 aliphatic rings. The van der Waals surface area contributed by atoms with Gasteiger partial charge in [-0.1, -0.05) is 6.92 Å². The Labute approximate surface area is 92.1 Å². The smallest absolute Gasteiger partial charge is 0.201 e. The lowest BCUT2D eigenvalue weighted by molar-refractivity contribution is -0.0105. The predicted molar refractivity (Wildman–Crippen MR) is 54.6 cm³/mol. The molecule has 88 valence electrons. The van der Waals surface area contributed by atoms with Gasteiger partial charge in [0.2, 0.25) is 5.75 Å². The number of fused-ring (bicyclic) bond motifs is 1. The Bertz CT molecular complexity index is 405. The molecule has 0 bridgehead atoms. The van der Waals surface area contributed by atoms with Gasteiger partial charge in [0.1, 0.15) is 6.61 Å². The maximum atomic E-state index is 13.5. The molecule has 2 N–H and O–H groups in total. The van der Waals surface area contributed by atoms with Crippen LogP contribution in [0.3, 0.4) is 0 Å². The van der Waals surface area contributed by atoms with Crippen molar-refractivity contribution in [2.24, 2.45) is 5.73 Å². The maximum absolute atomic E-state index is 13.5. The Hall–Kier alpha value is -1.36. The summed E-state index contributed by atoms with van der Waals surface area (Å²) in [6.07, 6.45) is 0.568. The van der Waals surface area contributed by atoms with E-state index in [-0.39, 0.29) is 24.7 Å². The number of ether oxygens (including phenoxy) is 2. The van der Waals surface area contributed by atoms with E-state index in [9.17, 15) is 8.78 Å². The van der Waals surface area contributed by atoms with Crippen molar-refractivity contribution in [1.82, 2.24) is 0 Å². The third-order valence-corrected chi connectivity index (χ3v) is 2.83.